The topological polar surface area (TPSA) is 47.6 Å². The summed E-state index contributed by atoms with van der Waals surface area (Å²) in [4.78, 5) is 12.4. The third-order valence-corrected chi connectivity index (χ3v) is 3.90. The van der Waals surface area contributed by atoms with E-state index < -0.39 is 6.10 Å². The standard InChI is InChI=1S/C22H23NO3/c1-15(2)25-20-12-9-19(10-13-20)23-22(24)16(3)26-21-11-8-17-6-4-5-7-18(17)14-21/h4-16H,1-3H3,(H,23,24)/t16-/m0/s1. The quantitative estimate of drug-likeness (QED) is 0.679. The van der Waals surface area contributed by atoms with E-state index in [1.807, 2.05) is 80.6 Å². The summed E-state index contributed by atoms with van der Waals surface area (Å²) in [5.41, 5.74) is 0.708. The number of ether oxygens (including phenoxy) is 2. The first-order valence-electron chi connectivity index (χ1n) is 8.74. The summed E-state index contributed by atoms with van der Waals surface area (Å²) in [5, 5.41) is 5.08. The molecule has 3 aromatic rings. The molecule has 1 atom stereocenters. The normalized spacial score (nSPS) is 12.0. The van der Waals surface area contributed by atoms with Crippen molar-refractivity contribution >= 4 is 22.4 Å². The van der Waals surface area contributed by atoms with E-state index in [1.54, 1.807) is 6.92 Å². The third kappa shape index (κ3) is 4.54. The highest BCUT2D eigenvalue weighted by molar-refractivity contribution is 5.94. The minimum absolute atomic E-state index is 0.116. The molecule has 4 nitrogen and oxygen atoms in total. The number of rotatable bonds is 6. The molecule has 0 aliphatic heterocycles. The molecule has 0 heterocycles. The predicted molar refractivity (Wildman–Crippen MR) is 105 cm³/mol. The smallest absolute Gasteiger partial charge is 0.265 e. The second kappa shape index (κ2) is 7.91. The van der Waals surface area contributed by atoms with E-state index >= 15 is 0 Å². The second-order valence-corrected chi connectivity index (χ2v) is 6.45. The van der Waals surface area contributed by atoms with Crippen LogP contribution in [0.15, 0.2) is 66.7 Å². The number of hydrogen-bond acceptors (Lipinski definition) is 3. The van der Waals surface area contributed by atoms with Gasteiger partial charge in [-0.2, -0.15) is 0 Å². The van der Waals surface area contributed by atoms with Crippen LogP contribution in [0.3, 0.4) is 0 Å². The predicted octanol–water partition coefficient (Wildman–Crippen LogP) is 5.03. The number of benzene rings is 3. The monoisotopic (exact) mass is 349 g/mol. The molecule has 0 saturated carbocycles. The molecule has 3 rings (SSSR count). The lowest BCUT2D eigenvalue weighted by atomic mass is 10.1. The Morgan fingerprint density at radius 2 is 1.46 bits per heavy atom. The zero-order valence-electron chi connectivity index (χ0n) is 15.2. The molecule has 3 aromatic carbocycles. The Labute approximate surface area is 153 Å². The molecule has 1 N–H and O–H groups in total. The molecule has 0 saturated heterocycles. The third-order valence-electron chi connectivity index (χ3n) is 3.90. The molecule has 0 radical (unpaired) electrons. The number of carbonyl (C=O) groups is 1. The first kappa shape index (κ1) is 17.8. The van der Waals surface area contributed by atoms with Crippen LogP contribution in [0.1, 0.15) is 20.8 Å². The van der Waals surface area contributed by atoms with Gasteiger partial charge in [0.2, 0.25) is 0 Å². The maximum absolute atomic E-state index is 12.4. The fourth-order valence-electron chi connectivity index (χ4n) is 2.63. The number of amides is 1. The van der Waals surface area contributed by atoms with Gasteiger partial charge in [0.1, 0.15) is 11.5 Å². The highest BCUT2D eigenvalue weighted by Crippen LogP contribution is 2.22. The fourth-order valence-corrected chi connectivity index (χ4v) is 2.63. The minimum atomic E-state index is -0.609. The van der Waals surface area contributed by atoms with Crippen LogP contribution < -0.4 is 14.8 Å². The van der Waals surface area contributed by atoms with Crippen molar-refractivity contribution in [3.05, 3.63) is 66.7 Å². The van der Waals surface area contributed by atoms with Crippen molar-refractivity contribution in [2.24, 2.45) is 0 Å². The second-order valence-electron chi connectivity index (χ2n) is 6.45. The SMILES string of the molecule is CC(C)Oc1ccc(NC(=O)[C@H](C)Oc2ccc3ccccc3c2)cc1. The van der Waals surface area contributed by atoms with Crippen LogP contribution >= 0.6 is 0 Å². The molecular formula is C22H23NO3. The van der Waals surface area contributed by atoms with Crippen LogP contribution in [0.4, 0.5) is 5.69 Å². The maximum atomic E-state index is 12.4. The van der Waals surface area contributed by atoms with Gasteiger partial charge in [0.05, 0.1) is 6.10 Å². The zero-order chi connectivity index (χ0) is 18.5. The van der Waals surface area contributed by atoms with E-state index in [-0.39, 0.29) is 12.0 Å². The fraction of sp³-hybridized carbons (Fsp3) is 0.227. The van der Waals surface area contributed by atoms with E-state index in [0.717, 1.165) is 16.5 Å². The number of fused-ring (bicyclic) bond motifs is 1. The Morgan fingerprint density at radius 3 is 2.15 bits per heavy atom. The summed E-state index contributed by atoms with van der Waals surface area (Å²) in [7, 11) is 0. The summed E-state index contributed by atoms with van der Waals surface area (Å²) < 4.78 is 11.4. The van der Waals surface area contributed by atoms with Crippen molar-refractivity contribution in [1.82, 2.24) is 0 Å². The molecule has 0 unspecified atom stereocenters. The van der Waals surface area contributed by atoms with E-state index in [9.17, 15) is 4.79 Å². The first-order chi connectivity index (χ1) is 12.5. The van der Waals surface area contributed by atoms with Crippen LogP contribution in [-0.4, -0.2) is 18.1 Å². The Kier molecular flexibility index (Phi) is 5.42. The zero-order valence-corrected chi connectivity index (χ0v) is 15.2. The van der Waals surface area contributed by atoms with Crippen molar-refractivity contribution in [2.45, 2.75) is 33.0 Å². The number of nitrogens with one attached hydrogen (secondary N) is 1. The highest BCUT2D eigenvalue weighted by atomic mass is 16.5. The summed E-state index contributed by atoms with van der Waals surface area (Å²) in [5.74, 6) is 1.25. The first-order valence-corrected chi connectivity index (χ1v) is 8.74. The van der Waals surface area contributed by atoms with E-state index in [4.69, 9.17) is 9.47 Å². The van der Waals surface area contributed by atoms with Crippen molar-refractivity contribution in [2.75, 3.05) is 5.32 Å². The van der Waals surface area contributed by atoms with Gasteiger partial charge < -0.3 is 14.8 Å². The molecule has 0 spiro atoms. The average Bonchev–Trinajstić information content (AvgIpc) is 2.62. The summed E-state index contributed by atoms with van der Waals surface area (Å²) in [6, 6.07) is 21.2. The molecule has 0 aliphatic rings. The summed E-state index contributed by atoms with van der Waals surface area (Å²) >= 11 is 0. The summed E-state index contributed by atoms with van der Waals surface area (Å²) in [6.07, 6.45) is -0.492. The average molecular weight is 349 g/mol. The Balaban J connectivity index is 1.61. The largest absolute Gasteiger partial charge is 0.491 e. The van der Waals surface area contributed by atoms with Crippen molar-refractivity contribution in [3.63, 3.8) is 0 Å². The maximum Gasteiger partial charge on any atom is 0.265 e. The van der Waals surface area contributed by atoms with E-state index in [0.29, 0.717) is 11.4 Å². The molecule has 4 heteroatoms. The van der Waals surface area contributed by atoms with Gasteiger partial charge in [-0.05, 0) is 67.9 Å². The van der Waals surface area contributed by atoms with Gasteiger partial charge in [-0.25, -0.2) is 0 Å². The van der Waals surface area contributed by atoms with E-state index in [1.165, 1.54) is 0 Å². The van der Waals surface area contributed by atoms with Crippen LogP contribution in [0.2, 0.25) is 0 Å². The molecule has 0 aliphatic carbocycles. The Morgan fingerprint density at radius 1 is 0.808 bits per heavy atom. The van der Waals surface area contributed by atoms with Gasteiger partial charge in [0, 0.05) is 5.69 Å². The Bertz CT molecular complexity index is 887. The van der Waals surface area contributed by atoms with Crippen molar-refractivity contribution in [1.29, 1.82) is 0 Å². The van der Waals surface area contributed by atoms with Gasteiger partial charge in [0.25, 0.3) is 5.91 Å². The molecule has 1 amide bonds. The lowest BCUT2D eigenvalue weighted by Gasteiger charge is -2.16. The van der Waals surface area contributed by atoms with Gasteiger partial charge in [-0.3, -0.25) is 4.79 Å². The molecule has 0 aromatic heterocycles. The lowest BCUT2D eigenvalue weighted by Crippen LogP contribution is -2.30. The van der Waals surface area contributed by atoms with Gasteiger partial charge in [-0.15, -0.1) is 0 Å². The number of hydrogen-bond donors (Lipinski definition) is 1. The van der Waals surface area contributed by atoms with Gasteiger partial charge in [0.15, 0.2) is 6.10 Å². The number of anilines is 1. The van der Waals surface area contributed by atoms with Crippen molar-refractivity contribution < 1.29 is 14.3 Å². The van der Waals surface area contributed by atoms with Crippen LogP contribution in [0, 0.1) is 0 Å². The van der Waals surface area contributed by atoms with Crippen molar-refractivity contribution in [3.8, 4) is 11.5 Å². The van der Waals surface area contributed by atoms with Crippen LogP contribution in [0.25, 0.3) is 10.8 Å². The molecular weight excluding hydrogens is 326 g/mol. The minimum Gasteiger partial charge on any atom is -0.491 e. The number of carbonyl (C=O) groups excluding carboxylic acids is 1. The lowest BCUT2D eigenvalue weighted by molar-refractivity contribution is -0.122. The Hall–Kier alpha value is -3.01. The molecule has 0 fully saturated rings. The van der Waals surface area contributed by atoms with Crippen LogP contribution in [0.5, 0.6) is 11.5 Å². The summed E-state index contributed by atoms with van der Waals surface area (Å²) in [6.45, 7) is 5.68. The van der Waals surface area contributed by atoms with Gasteiger partial charge >= 0.3 is 0 Å². The molecule has 26 heavy (non-hydrogen) atoms. The molecule has 134 valence electrons. The molecule has 0 bridgehead atoms. The van der Waals surface area contributed by atoms with E-state index in [2.05, 4.69) is 5.32 Å². The van der Waals surface area contributed by atoms with Crippen LogP contribution in [-0.2, 0) is 4.79 Å². The highest BCUT2D eigenvalue weighted by Gasteiger charge is 2.15. The van der Waals surface area contributed by atoms with Gasteiger partial charge in [-0.1, -0.05) is 30.3 Å².